The monoisotopic (exact) mass is 270 g/mol. The van der Waals surface area contributed by atoms with Crippen LogP contribution in [0.25, 0.3) is 0 Å². The third-order valence-corrected chi connectivity index (χ3v) is 2.66. The van der Waals surface area contributed by atoms with Crippen LogP contribution < -0.4 is 4.74 Å². The van der Waals surface area contributed by atoms with Crippen LogP contribution in [-0.2, 0) is 11.2 Å². The predicted molar refractivity (Wildman–Crippen MR) is 64.2 cm³/mol. The number of halogens is 1. The van der Waals surface area contributed by atoms with Crippen LogP contribution in [-0.4, -0.2) is 5.97 Å². The lowest BCUT2D eigenvalue weighted by Crippen LogP contribution is -2.08. The van der Waals surface area contributed by atoms with Crippen molar-refractivity contribution in [2.45, 2.75) is 33.6 Å². The lowest BCUT2D eigenvalue weighted by atomic mass is 10.1. The normalized spacial score (nSPS) is 10.1. The molecule has 1 aromatic carbocycles. The average molecular weight is 271 g/mol. The van der Waals surface area contributed by atoms with Crippen molar-refractivity contribution in [3.05, 3.63) is 27.7 Å². The number of aryl methyl sites for hydroxylation is 2. The number of benzene rings is 1. The topological polar surface area (TPSA) is 26.3 Å². The smallest absolute Gasteiger partial charge is 0.310 e. The number of hydrogen-bond acceptors (Lipinski definition) is 2. The predicted octanol–water partition coefficient (Wildman–Crippen LogP) is 3.64. The summed E-state index contributed by atoms with van der Waals surface area (Å²) < 4.78 is 6.33. The first-order chi connectivity index (χ1) is 7.08. The number of carbonyl (C=O) groups is 1. The molecule has 2 nitrogen and oxygen atoms in total. The Morgan fingerprint density at radius 2 is 2.07 bits per heavy atom. The third kappa shape index (κ3) is 3.06. The van der Waals surface area contributed by atoms with Gasteiger partial charge in [0.05, 0.1) is 0 Å². The largest absolute Gasteiger partial charge is 0.426 e. The highest BCUT2D eigenvalue weighted by Crippen LogP contribution is 2.28. The zero-order valence-electron chi connectivity index (χ0n) is 9.26. The second-order valence-electron chi connectivity index (χ2n) is 3.39. The van der Waals surface area contributed by atoms with Gasteiger partial charge in [0.1, 0.15) is 5.75 Å². The van der Waals surface area contributed by atoms with Crippen LogP contribution in [0.5, 0.6) is 5.75 Å². The molecule has 0 fully saturated rings. The molecule has 0 N–H and O–H groups in total. The number of carbonyl (C=O) groups excluding carboxylic acids is 1. The highest BCUT2D eigenvalue weighted by Gasteiger charge is 2.10. The summed E-state index contributed by atoms with van der Waals surface area (Å²) in [6, 6.07) is 3.95. The van der Waals surface area contributed by atoms with E-state index in [1.54, 1.807) is 6.92 Å². The van der Waals surface area contributed by atoms with Gasteiger partial charge in [0.15, 0.2) is 0 Å². The molecule has 0 amide bonds. The van der Waals surface area contributed by atoms with Gasteiger partial charge in [-0.1, -0.05) is 29.8 Å². The number of hydrogen-bond donors (Lipinski definition) is 0. The van der Waals surface area contributed by atoms with Crippen LogP contribution in [0.1, 0.15) is 31.4 Å². The number of rotatable bonds is 3. The van der Waals surface area contributed by atoms with Gasteiger partial charge in [0, 0.05) is 10.9 Å². The van der Waals surface area contributed by atoms with E-state index < -0.39 is 0 Å². The minimum Gasteiger partial charge on any atom is -0.426 e. The molecule has 0 aliphatic carbocycles. The molecular weight excluding hydrogens is 256 g/mol. The van der Waals surface area contributed by atoms with E-state index in [2.05, 4.69) is 15.9 Å². The first-order valence-corrected chi connectivity index (χ1v) is 5.87. The van der Waals surface area contributed by atoms with Gasteiger partial charge in [-0.3, -0.25) is 4.79 Å². The third-order valence-electron chi connectivity index (χ3n) is 2.20. The van der Waals surface area contributed by atoms with Gasteiger partial charge in [-0.15, -0.1) is 0 Å². The summed E-state index contributed by atoms with van der Waals surface area (Å²) in [5.74, 6) is 0.530. The SMILES string of the molecule is CCC(=O)Oc1c(C)cc(Br)cc1CC. The van der Waals surface area contributed by atoms with Crippen molar-refractivity contribution in [3.63, 3.8) is 0 Å². The Bertz CT molecular complexity index is 372. The first-order valence-electron chi connectivity index (χ1n) is 5.08. The van der Waals surface area contributed by atoms with Crippen molar-refractivity contribution >= 4 is 21.9 Å². The van der Waals surface area contributed by atoms with Crippen LogP contribution in [0.2, 0.25) is 0 Å². The van der Waals surface area contributed by atoms with Crippen LogP contribution in [0.4, 0.5) is 0 Å². The highest BCUT2D eigenvalue weighted by molar-refractivity contribution is 9.10. The summed E-state index contributed by atoms with van der Waals surface area (Å²) in [6.45, 7) is 5.79. The second-order valence-corrected chi connectivity index (χ2v) is 4.31. The Hall–Kier alpha value is -0.830. The molecule has 15 heavy (non-hydrogen) atoms. The van der Waals surface area contributed by atoms with E-state index in [-0.39, 0.29) is 5.97 Å². The highest BCUT2D eigenvalue weighted by atomic mass is 79.9. The molecule has 0 aliphatic rings. The maximum Gasteiger partial charge on any atom is 0.310 e. The Balaban J connectivity index is 3.09. The molecule has 3 heteroatoms. The Morgan fingerprint density at radius 1 is 1.40 bits per heavy atom. The summed E-state index contributed by atoms with van der Waals surface area (Å²) in [5.41, 5.74) is 2.05. The van der Waals surface area contributed by atoms with E-state index in [1.807, 2.05) is 26.0 Å². The van der Waals surface area contributed by atoms with E-state index in [0.29, 0.717) is 12.2 Å². The van der Waals surface area contributed by atoms with E-state index in [1.165, 1.54) is 0 Å². The van der Waals surface area contributed by atoms with Crippen LogP contribution in [0.3, 0.4) is 0 Å². The molecule has 0 aromatic heterocycles. The van der Waals surface area contributed by atoms with Gasteiger partial charge in [0.25, 0.3) is 0 Å². The summed E-state index contributed by atoms with van der Waals surface area (Å²) in [4.78, 5) is 11.3. The van der Waals surface area contributed by atoms with E-state index in [0.717, 1.165) is 22.0 Å². The summed E-state index contributed by atoms with van der Waals surface area (Å²) in [7, 11) is 0. The average Bonchev–Trinajstić information content (AvgIpc) is 2.21. The van der Waals surface area contributed by atoms with Crippen molar-refractivity contribution in [2.24, 2.45) is 0 Å². The van der Waals surface area contributed by atoms with Crippen molar-refractivity contribution in [3.8, 4) is 5.75 Å². The fourth-order valence-corrected chi connectivity index (χ4v) is 2.01. The van der Waals surface area contributed by atoms with Crippen LogP contribution in [0, 0.1) is 6.92 Å². The Kier molecular flexibility index (Phi) is 4.33. The maximum absolute atomic E-state index is 11.3. The van der Waals surface area contributed by atoms with Gasteiger partial charge < -0.3 is 4.74 Å². The molecule has 0 heterocycles. The van der Waals surface area contributed by atoms with Gasteiger partial charge in [0.2, 0.25) is 0 Å². The first kappa shape index (κ1) is 12.2. The zero-order chi connectivity index (χ0) is 11.4. The van der Waals surface area contributed by atoms with Crippen LogP contribution >= 0.6 is 15.9 Å². The van der Waals surface area contributed by atoms with E-state index in [9.17, 15) is 4.79 Å². The molecule has 0 bridgehead atoms. The van der Waals surface area contributed by atoms with E-state index >= 15 is 0 Å². The molecule has 0 radical (unpaired) electrons. The van der Waals surface area contributed by atoms with Gasteiger partial charge in [-0.25, -0.2) is 0 Å². The summed E-state index contributed by atoms with van der Waals surface area (Å²) in [6.07, 6.45) is 1.26. The Labute approximate surface area is 98.8 Å². The lowest BCUT2D eigenvalue weighted by molar-refractivity contribution is -0.134. The Morgan fingerprint density at radius 3 is 2.60 bits per heavy atom. The number of ether oxygens (including phenoxy) is 1. The van der Waals surface area contributed by atoms with Gasteiger partial charge >= 0.3 is 5.97 Å². The fourth-order valence-electron chi connectivity index (χ4n) is 1.39. The zero-order valence-corrected chi connectivity index (χ0v) is 10.8. The quantitative estimate of drug-likeness (QED) is 0.619. The molecule has 0 spiro atoms. The van der Waals surface area contributed by atoms with Crippen LogP contribution in [0.15, 0.2) is 16.6 Å². The lowest BCUT2D eigenvalue weighted by Gasteiger charge is -2.11. The fraction of sp³-hybridized carbons (Fsp3) is 0.417. The molecule has 1 rings (SSSR count). The minimum absolute atomic E-state index is 0.185. The second kappa shape index (κ2) is 5.31. The molecule has 0 atom stereocenters. The number of esters is 1. The standard InChI is InChI=1S/C12H15BrO2/c1-4-9-7-10(13)6-8(3)12(9)15-11(14)5-2/h6-7H,4-5H2,1-3H3. The molecule has 1 aromatic rings. The van der Waals surface area contributed by atoms with Crippen molar-refractivity contribution in [1.82, 2.24) is 0 Å². The van der Waals surface area contributed by atoms with Crippen molar-refractivity contribution < 1.29 is 9.53 Å². The molecule has 0 aliphatic heterocycles. The van der Waals surface area contributed by atoms with Gasteiger partial charge in [-0.2, -0.15) is 0 Å². The van der Waals surface area contributed by atoms with Gasteiger partial charge in [-0.05, 0) is 36.6 Å². The maximum atomic E-state index is 11.3. The summed E-state index contributed by atoms with van der Waals surface area (Å²) >= 11 is 3.43. The van der Waals surface area contributed by atoms with Crippen molar-refractivity contribution in [1.29, 1.82) is 0 Å². The summed E-state index contributed by atoms with van der Waals surface area (Å²) in [5, 5.41) is 0. The minimum atomic E-state index is -0.185. The van der Waals surface area contributed by atoms with Crippen molar-refractivity contribution in [2.75, 3.05) is 0 Å². The molecule has 82 valence electrons. The molecular formula is C12H15BrO2. The molecule has 0 saturated carbocycles. The van der Waals surface area contributed by atoms with E-state index in [4.69, 9.17) is 4.74 Å². The molecule has 0 saturated heterocycles. The molecule has 0 unspecified atom stereocenters.